The van der Waals surface area contributed by atoms with Crippen LogP contribution in [0.3, 0.4) is 0 Å². The molecule has 0 radical (unpaired) electrons. The first-order valence-electron chi connectivity index (χ1n) is 24.5. The summed E-state index contributed by atoms with van der Waals surface area (Å²) in [7, 11) is 0. The molecule has 0 amide bonds. The molecule has 6 aliphatic carbocycles. The van der Waals surface area contributed by atoms with Crippen LogP contribution in [0, 0.1) is 46.3 Å². The molecule has 0 bridgehead atoms. The number of halogens is 3. The summed E-state index contributed by atoms with van der Waals surface area (Å²) in [5, 5.41) is 32.9. The molecule has 0 aliphatic heterocycles. The minimum absolute atomic E-state index is 0.00801. The quantitative estimate of drug-likeness (QED) is 0.0729. The molecule has 368 valence electrons. The molecule has 0 spiro atoms. The summed E-state index contributed by atoms with van der Waals surface area (Å²) in [4.78, 5) is 50.9. The summed E-state index contributed by atoms with van der Waals surface area (Å²) >= 11 is 0. The van der Waals surface area contributed by atoms with Gasteiger partial charge in [-0.15, -0.1) is 0 Å². The van der Waals surface area contributed by atoms with Gasteiger partial charge in [0.15, 0.2) is 12.4 Å². The normalized spacial score (nSPS) is 33.3. The number of allylic oxidation sites excluding steroid dienone is 6. The van der Waals surface area contributed by atoms with Crippen LogP contribution in [0.2, 0.25) is 0 Å². The van der Waals surface area contributed by atoms with Gasteiger partial charge in [0, 0.05) is 29.6 Å². The lowest BCUT2D eigenvalue weighted by Crippen LogP contribution is -2.55. The summed E-state index contributed by atoms with van der Waals surface area (Å²) in [5.74, 6) is 0.177. The molecule has 0 saturated heterocycles. The van der Waals surface area contributed by atoms with E-state index in [2.05, 4.69) is 13.0 Å². The standard InChI is InChI=1S/C53H69F3O11/c1-50-25-22-39(57)28-37(50)17-19-43-44(50)23-26-51(2)45(43)24-27-52(51,63)47(60)33-67-49(62)66-31-35-14-12-34(13-15-35)30-65-48(61)11-6-4-3-5-8-36-16-21-46(59)42(36)20-18-40(58)32-64-41-10-7-9-38(29-41)53(54,55)56/h3,5,7,9-10,18,20,23,28-29,34-36,40,42-43,45-46,58-59,63H,4,6,8,11-17,19,21-22,24-27,30-33H2,1-2H3/b5-3-,20-18+/t34?,35?,36-,40+,42+,43+,45-,46+,50?,51?,52-/m0/s1. The van der Waals surface area contributed by atoms with Crippen LogP contribution >= 0.6 is 0 Å². The molecule has 1 aromatic rings. The van der Waals surface area contributed by atoms with Crippen molar-refractivity contribution < 1.29 is 66.6 Å². The topological polar surface area (TPSA) is 166 Å². The highest BCUT2D eigenvalue weighted by molar-refractivity contribution is 5.92. The molecule has 4 saturated carbocycles. The molecular formula is C53H69F3O11. The van der Waals surface area contributed by atoms with E-state index in [1.165, 1.54) is 29.4 Å². The first-order chi connectivity index (χ1) is 31.9. The van der Waals surface area contributed by atoms with Crippen LogP contribution in [0.25, 0.3) is 0 Å². The molecule has 3 N–H and O–H groups in total. The highest BCUT2D eigenvalue weighted by Crippen LogP contribution is 2.65. The number of carbonyl (C=O) groups is 4. The Balaban J connectivity index is 0.734. The largest absolute Gasteiger partial charge is 0.508 e. The van der Waals surface area contributed by atoms with Gasteiger partial charge in [-0.2, -0.15) is 13.2 Å². The van der Waals surface area contributed by atoms with E-state index in [0.29, 0.717) is 58.0 Å². The minimum atomic E-state index is -4.49. The van der Waals surface area contributed by atoms with Crippen LogP contribution in [0.4, 0.5) is 18.0 Å². The maximum Gasteiger partial charge on any atom is 0.508 e. The SMILES string of the molecule is CC12CCC(=O)C=C1CC[C@@H]1C2=CCC2(C)[C@H]1CC[C@]2(O)C(=O)COC(=O)OCC1CCC(COC(=O)CCC/C=C\C[C@H]2CC[C@@H](O)[C@@H]2/C=C/[C@@H](O)COc2cccc(C(F)(F)F)c2)CC1. The Hall–Kier alpha value is -4.27. The number of hydrogen-bond donors (Lipinski definition) is 3. The van der Waals surface area contributed by atoms with Crippen molar-refractivity contribution in [3.05, 3.63) is 77.4 Å². The lowest BCUT2D eigenvalue weighted by Gasteiger charge is -2.54. The van der Waals surface area contributed by atoms with Gasteiger partial charge in [0.2, 0.25) is 5.78 Å². The second-order valence-corrected chi connectivity index (χ2v) is 20.6. The highest BCUT2D eigenvalue weighted by atomic mass is 19.4. The van der Waals surface area contributed by atoms with Crippen LogP contribution < -0.4 is 4.74 Å². The van der Waals surface area contributed by atoms with Crippen LogP contribution in [-0.4, -0.2) is 83.2 Å². The fourth-order valence-electron chi connectivity index (χ4n) is 12.3. The van der Waals surface area contributed by atoms with Crippen LogP contribution in [0.5, 0.6) is 5.75 Å². The maximum atomic E-state index is 13.6. The molecule has 2 unspecified atom stereocenters. The fourth-order valence-corrected chi connectivity index (χ4v) is 12.3. The van der Waals surface area contributed by atoms with Gasteiger partial charge in [-0.1, -0.05) is 61.4 Å². The lowest BCUT2D eigenvalue weighted by molar-refractivity contribution is -0.156. The van der Waals surface area contributed by atoms with Crippen molar-refractivity contribution >= 4 is 23.7 Å². The zero-order valence-electron chi connectivity index (χ0n) is 39.0. The third-order valence-electron chi connectivity index (χ3n) is 16.5. The Morgan fingerprint density at radius 1 is 0.925 bits per heavy atom. The number of ketones is 2. The average molecular weight is 939 g/mol. The number of aliphatic hydroxyl groups is 3. The predicted molar refractivity (Wildman–Crippen MR) is 242 cm³/mol. The van der Waals surface area contributed by atoms with Crippen molar-refractivity contribution in [2.45, 2.75) is 147 Å². The number of esters is 1. The number of alkyl halides is 3. The molecular weight excluding hydrogens is 870 g/mol. The summed E-state index contributed by atoms with van der Waals surface area (Å²) in [5.41, 5.74) is -0.673. The molecule has 9 atom stereocenters. The van der Waals surface area contributed by atoms with E-state index in [-0.39, 0.29) is 71.6 Å². The van der Waals surface area contributed by atoms with Gasteiger partial charge in [-0.3, -0.25) is 14.4 Å². The molecule has 6 aliphatic rings. The maximum absolute atomic E-state index is 13.6. The first-order valence-corrected chi connectivity index (χ1v) is 24.5. The molecule has 4 fully saturated rings. The Kier molecular flexibility index (Phi) is 16.3. The average Bonchev–Trinajstić information content (AvgIpc) is 3.81. The van der Waals surface area contributed by atoms with Crippen LogP contribution in [0.15, 0.2) is 71.9 Å². The monoisotopic (exact) mass is 938 g/mol. The number of ether oxygens (including phenoxy) is 4. The van der Waals surface area contributed by atoms with E-state index in [4.69, 9.17) is 18.9 Å². The zero-order valence-corrected chi connectivity index (χ0v) is 39.0. The van der Waals surface area contributed by atoms with Gasteiger partial charge in [0.25, 0.3) is 0 Å². The van der Waals surface area contributed by atoms with Gasteiger partial charge in [0.1, 0.15) is 24.1 Å². The Morgan fingerprint density at radius 3 is 2.42 bits per heavy atom. The van der Waals surface area contributed by atoms with Crippen LogP contribution in [-0.2, 0) is 34.8 Å². The van der Waals surface area contributed by atoms with Crippen molar-refractivity contribution in [1.29, 1.82) is 0 Å². The van der Waals surface area contributed by atoms with E-state index in [1.54, 1.807) is 6.08 Å². The third-order valence-corrected chi connectivity index (χ3v) is 16.5. The van der Waals surface area contributed by atoms with Gasteiger partial charge in [-0.25, -0.2) is 4.79 Å². The number of hydrogen-bond acceptors (Lipinski definition) is 11. The van der Waals surface area contributed by atoms with Crippen molar-refractivity contribution in [3.8, 4) is 5.75 Å². The fraction of sp³-hybridized carbons (Fsp3) is 0.660. The Bertz CT molecular complexity index is 2070. The zero-order chi connectivity index (χ0) is 48.0. The smallest absolute Gasteiger partial charge is 0.491 e. The molecule has 11 nitrogen and oxygen atoms in total. The molecule has 14 heteroatoms. The summed E-state index contributed by atoms with van der Waals surface area (Å²) in [6.45, 7) is 3.99. The Morgan fingerprint density at radius 2 is 1.67 bits per heavy atom. The van der Waals surface area contributed by atoms with Gasteiger partial charge in [0.05, 0.1) is 24.9 Å². The number of unbranched alkanes of at least 4 members (excludes halogenated alkanes) is 1. The predicted octanol–water partition coefficient (Wildman–Crippen LogP) is 9.76. The molecule has 67 heavy (non-hydrogen) atoms. The summed E-state index contributed by atoms with van der Waals surface area (Å²) in [6.07, 6.45) is 16.1. The van der Waals surface area contributed by atoms with Crippen LogP contribution in [0.1, 0.15) is 129 Å². The number of rotatable bonds is 18. The van der Waals surface area contributed by atoms with Crippen molar-refractivity contribution in [2.75, 3.05) is 26.4 Å². The van der Waals surface area contributed by atoms with E-state index >= 15 is 0 Å². The highest BCUT2D eigenvalue weighted by Gasteiger charge is 2.64. The van der Waals surface area contributed by atoms with E-state index in [9.17, 15) is 47.7 Å². The number of carbonyl (C=O) groups excluding carboxylic acids is 4. The minimum Gasteiger partial charge on any atom is -0.491 e. The molecule has 0 heterocycles. The van der Waals surface area contributed by atoms with E-state index in [0.717, 1.165) is 69.9 Å². The molecule has 0 aromatic heterocycles. The molecule has 7 rings (SSSR count). The van der Waals surface area contributed by atoms with Gasteiger partial charge >= 0.3 is 18.3 Å². The third kappa shape index (κ3) is 11.8. The summed E-state index contributed by atoms with van der Waals surface area (Å²) < 4.78 is 60.6. The number of Topliss-reactive ketones (excluding diaryl/α,β-unsaturated/α-hetero) is 1. The second-order valence-electron chi connectivity index (χ2n) is 20.6. The lowest BCUT2D eigenvalue weighted by atomic mass is 9.50. The number of benzene rings is 1. The first kappa shape index (κ1) is 50.6. The van der Waals surface area contributed by atoms with Gasteiger partial charge in [-0.05, 0) is 150 Å². The number of aliphatic hydroxyl groups excluding tert-OH is 2. The van der Waals surface area contributed by atoms with Crippen molar-refractivity contribution in [1.82, 2.24) is 0 Å². The van der Waals surface area contributed by atoms with E-state index < -0.39 is 53.5 Å². The summed E-state index contributed by atoms with van der Waals surface area (Å²) in [6, 6.07) is 4.48. The number of fused-ring (bicyclic) bond motifs is 5. The van der Waals surface area contributed by atoms with Crippen molar-refractivity contribution in [3.63, 3.8) is 0 Å². The van der Waals surface area contributed by atoms with E-state index in [1.807, 2.05) is 25.2 Å². The van der Waals surface area contributed by atoms with Crippen molar-refractivity contribution in [2.24, 2.45) is 46.3 Å². The Labute approximate surface area is 392 Å². The second kappa shape index (κ2) is 21.6. The van der Waals surface area contributed by atoms with Gasteiger partial charge < -0.3 is 34.3 Å². The molecule has 1 aromatic carbocycles.